The Labute approximate surface area is 156 Å². The van der Waals surface area contributed by atoms with E-state index in [2.05, 4.69) is 4.98 Å². The van der Waals surface area contributed by atoms with E-state index in [0.717, 1.165) is 40.4 Å². The van der Waals surface area contributed by atoms with Gasteiger partial charge in [-0.15, -0.1) is 0 Å². The fourth-order valence-corrected chi connectivity index (χ4v) is 3.26. The molecule has 0 saturated heterocycles. The summed E-state index contributed by atoms with van der Waals surface area (Å²) in [6.45, 7) is 0.718. The first kappa shape index (κ1) is 16.0. The summed E-state index contributed by atoms with van der Waals surface area (Å²) in [6.07, 6.45) is 6.00. The number of hydrogen-bond donors (Lipinski definition) is 0. The van der Waals surface area contributed by atoms with Crippen molar-refractivity contribution in [1.29, 1.82) is 0 Å². The Kier molecular flexibility index (Phi) is 3.85. The minimum absolute atomic E-state index is 0.263. The van der Waals surface area contributed by atoms with E-state index in [1.807, 2.05) is 34.8 Å². The number of rotatable bonds is 5. The van der Waals surface area contributed by atoms with E-state index in [1.165, 1.54) is 25.0 Å². The second kappa shape index (κ2) is 6.50. The standard InChI is InChI=1S/C22H18FN3O/c23-18-8-6-17(7-9-18)22-21(16-10-12-24-13-11-16)19-2-1-3-20(26(19)25-22)27-14-15-4-5-15/h1-3,6-13,15H,4-5,14H2. The van der Waals surface area contributed by atoms with E-state index >= 15 is 0 Å². The third kappa shape index (κ3) is 3.05. The van der Waals surface area contributed by atoms with Crippen LogP contribution in [-0.4, -0.2) is 21.2 Å². The Morgan fingerprint density at radius 3 is 2.48 bits per heavy atom. The number of ether oxygens (including phenoxy) is 1. The molecule has 0 bridgehead atoms. The highest BCUT2D eigenvalue weighted by atomic mass is 19.1. The molecule has 0 N–H and O–H groups in total. The number of nitrogens with zero attached hydrogens (tertiary/aromatic N) is 3. The molecule has 4 aromatic rings. The summed E-state index contributed by atoms with van der Waals surface area (Å²) in [7, 11) is 0. The molecule has 0 aliphatic heterocycles. The van der Waals surface area contributed by atoms with Crippen molar-refractivity contribution < 1.29 is 9.13 Å². The van der Waals surface area contributed by atoms with Gasteiger partial charge in [-0.05, 0) is 66.8 Å². The Balaban J connectivity index is 1.71. The average Bonchev–Trinajstić information content (AvgIpc) is 3.45. The monoisotopic (exact) mass is 359 g/mol. The van der Waals surface area contributed by atoms with Gasteiger partial charge < -0.3 is 4.74 Å². The highest BCUT2D eigenvalue weighted by molar-refractivity contribution is 5.92. The van der Waals surface area contributed by atoms with Crippen LogP contribution in [0.15, 0.2) is 67.0 Å². The van der Waals surface area contributed by atoms with Gasteiger partial charge in [0.15, 0.2) is 0 Å². The fourth-order valence-electron chi connectivity index (χ4n) is 3.26. The maximum atomic E-state index is 13.4. The molecule has 3 aromatic heterocycles. The molecule has 27 heavy (non-hydrogen) atoms. The van der Waals surface area contributed by atoms with Crippen LogP contribution in [0.25, 0.3) is 27.9 Å². The van der Waals surface area contributed by atoms with E-state index in [9.17, 15) is 4.39 Å². The first-order valence-corrected chi connectivity index (χ1v) is 9.10. The molecular weight excluding hydrogens is 341 g/mol. The summed E-state index contributed by atoms with van der Waals surface area (Å²) < 4.78 is 21.3. The molecule has 1 saturated carbocycles. The molecule has 5 heteroatoms. The molecule has 0 unspecified atom stereocenters. The average molecular weight is 359 g/mol. The van der Waals surface area contributed by atoms with Crippen molar-refractivity contribution in [2.75, 3.05) is 6.61 Å². The lowest BCUT2D eigenvalue weighted by Gasteiger charge is -2.07. The van der Waals surface area contributed by atoms with Gasteiger partial charge in [0.2, 0.25) is 5.88 Å². The molecule has 0 amide bonds. The Bertz CT molecular complexity index is 1090. The summed E-state index contributed by atoms with van der Waals surface area (Å²) in [6, 6.07) is 16.3. The second-order valence-electron chi connectivity index (χ2n) is 6.88. The van der Waals surface area contributed by atoms with Crippen LogP contribution >= 0.6 is 0 Å². The number of pyridine rings is 2. The summed E-state index contributed by atoms with van der Waals surface area (Å²) in [4.78, 5) is 4.12. The molecule has 134 valence electrons. The largest absolute Gasteiger partial charge is 0.477 e. The lowest BCUT2D eigenvalue weighted by Crippen LogP contribution is -2.03. The third-order valence-electron chi connectivity index (χ3n) is 4.87. The molecule has 3 heterocycles. The highest BCUT2D eigenvalue weighted by Gasteiger charge is 2.23. The van der Waals surface area contributed by atoms with Gasteiger partial charge in [-0.2, -0.15) is 9.61 Å². The Morgan fingerprint density at radius 2 is 1.74 bits per heavy atom. The molecule has 1 fully saturated rings. The van der Waals surface area contributed by atoms with Crippen molar-refractivity contribution in [2.45, 2.75) is 12.8 Å². The van der Waals surface area contributed by atoms with Crippen molar-refractivity contribution in [3.05, 3.63) is 72.8 Å². The summed E-state index contributed by atoms with van der Waals surface area (Å²) in [5.74, 6) is 1.12. The molecular formula is C22H18FN3O. The first-order chi connectivity index (χ1) is 13.3. The summed E-state index contributed by atoms with van der Waals surface area (Å²) in [5, 5.41) is 4.84. The minimum atomic E-state index is -0.263. The third-order valence-corrected chi connectivity index (χ3v) is 4.87. The second-order valence-corrected chi connectivity index (χ2v) is 6.88. The van der Waals surface area contributed by atoms with E-state index in [1.54, 1.807) is 24.5 Å². The Morgan fingerprint density at radius 1 is 0.963 bits per heavy atom. The van der Waals surface area contributed by atoms with Crippen LogP contribution in [0.3, 0.4) is 0 Å². The SMILES string of the molecule is Fc1ccc(-c2nn3c(OCC4CC4)cccc3c2-c2ccncc2)cc1. The first-order valence-electron chi connectivity index (χ1n) is 9.10. The predicted molar refractivity (Wildman–Crippen MR) is 102 cm³/mol. The highest BCUT2D eigenvalue weighted by Crippen LogP contribution is 2.37. The normalized spacial score (nSPS) is 13.8. The van der Waals surface area contributed by atoms with Gasteiger partial charge in [0.25, 0.3) is 0 Å². The van der Waals surface area contributed by atoms with Gasteiger partial charge in [-0.3, -0.25) is 4.98 Å². The van der Waals surface area contributed by atoms with Crippen molar-refractivity contribution >= 4 is 5.52 Å². The van der Waals surface area contributed by atoms with Gasteiger partial charge in [-0.25, -0.2) is 4.39 Å². The molecule has 0 spiro atoms. The lowest BCUT2D eigenvalue weighted by atomic mass is 10.0. The van der Waals surface area contributed by atoms with Gasteiger partial charge in [-0.1, -0.05) is 6.07 Å². The fraction of sp³-hybridized carbons (Fsp3) is 0.182. The maximum absolute atomic E-state index is 13.4. The van der Waals surface area contributed by atoms with Gasteiger partial charge >= 0.3 is 0 Å². The van der Waals surface area contributed by atoms with E-state index < -0.39 is 0 Å². The van der Waals surface area contributed by atoms with Crippen LogP contribution < -0.4 is 4.74 Å². The maximum Gasteiger partial charge on any atom is 0.214 e. The zero-order valence-corrected chi connectivity index (χ0v) is 14.7. The molecule has 5 rings (SSSR count). The van der Waals surface area contributed by atoms with Crippen LogP contribution in [-0.2, 0) is 0 Å². The number of hydrogen-bond acceptors (Lipinski definition) is 3. The zero-order chi connectivity index (χ0) is 18.2. The van der Waals surface area contributed by atoms with Crippen molar-refractivity contribution in [3.63, 3.8) is 0 Å². The molecule has 1 aliphatic carbocycles. The van der Waals surface area contributed by atoms with E-state index in [-0.39, 0.29) is 5.82 Å². The van der Waals surface area contributed by atoms with Gasteiger partial charge in [0.05, 0.1) is 12.1 Å². The lowest BCUT2D eigenvalue weighted by molar-refractivity contribution is 0.281. The predicted octanol–water partition coefficient (Wildman–Crippen LogP) is 4.99. The van der Waals surface area contributed by atoms with Crippen molar-refractivity contribution in [2.24, 2.45) is 5.92 Å². The molecule has 1 aromatic carbocycles. The molecule has 0 radical (unpaired) electrons. The quantitative estimate of drug-likeness (QED) is 0.504. The minimum Gasteiger partial charge on any atom is -0.477 e. The summed E-state index contributed by atoms with van der Waals surface area (Å²) in [5.41, 5.74) is 4.61. The van der Waals surface area contributed by atoms with E-state index in [0.29, 0.717) is 5.92 Å². The van der Waals surface area contributed by atoms with Crippen LogP contribution in [0.2, 0.25) is 0 Å². The number of fused-ring (bicyclic) bond motifs is 1. The van der Waals surface area contributed by atoms with E-state index in [4.69, 9.17) is 9.84 Å². The summed E-state index contributed by atoms with van der Waals surface area (Å²) >= 11 is 0. The molecule has 0 atom stereocenters. The Hall–Kier alpha value is -3.21. The van der Waals surface area contributed by atoms with Crippen LogP contribution in [0.5, 0.6) is 5.88 Å². The van der Waals surface area contributed by atoms with Crippen LogP contribution in [0, 0.1) is 11.7 Å². The topological polar surface area (TPSA) is 39.4 Å². The number of benzene rings is 1. The van der Waals surface area contributed by atoms with Crippen molar-refractivity contribution in [1.82, 2.24) is 14.6 Å². The smallest absolute Gasteiger partial charge is 0.214 e. The van der Waals surface area contributed by atoms with Crippen molar-refractivity contribution in [3.8, 4) is 28.3 Å². The van der Waals surface area contributed by atoms with Crippen LogP contribution in [0.4, 0.5) is 4.39 Å². The van der Waals surface area contributed by atoms with Gasteiger partial charge in [0.1, 0.15) is 11.5 Å². The molecule has 4 nitrogen and oxygen atoms in total. The zero-order valence-electron chi connectivity index (χ0n) is 14.7. The molecule has 1 aliphatic rings. The van der Waals surface area contributed by atoms with Gasteiger partial charge in [0, 0.05) is 29.6 Å². The van der Waals surface area contributed by atoms with Crippen LogP contribution in [0.1, 0.15) is 12.8 Å². The number of halogens is 1. The number of aromatic nitrogens is 3.